The normalized spacial score (nSPS) is 19.9. The van der Waals surface area contributed by atoms with Gasteiger partial charge in [-0.25, -0.2) is 14.0 Å². The molecule has 2 N–H and O–H groups in total. The Morgan fingerprint density at radius 3 is 2.61 bits per heavy atom. The summed E-state index contributed by atoms with van der Waals surface area (Å²) in [7, 11) is 1.25. The van der Waals surface area contributed by atoms with Crippen LogP contribution in [0.2, 0.25) is 0 Å². The first-order valence-electron chi connectivity index (χ1n) is 14.1. The Morgan fingerprint density at radius 1 is 1.11 bits per heavy atom. The van der Waals surface area contributed by atoms with Gasteiger partial charge in [-0.05, 0) is 60.9 Å². The molecule has 3 aromatic rings. The highest BCUT2D eigenvalue weighted by Crippen LogP contribution is 2.39. The van der Waals surface area contributed by atoms with Crippen LogP contribution < -0.4 is 10.6 Å². The fourth-order valence-corrected chi connectivity index (χ4v) is 5.60. The monoisotopic (exact) mass is 596 g/mol. The summed E-state index contributed by atoms with van der Waals surface area (Å²) >= 11 is 0. The van der Waals surface area contributed by atoms with E-state index in [9.17, 15) is 24.9 Å². The lowest BCUT2D eigenvalue weighted by atomic mass is 9.92. The van der Waals surface area contributed by atoms with Crippen molar-refractivity contribution in [3.8, 4) is 23.4 Å². The van der Waals surface area contributed by atoms with Crippen LogP contribution in [0.15, 0.2) is 48.7 Å². The SMILES string of the molecule is COC(=O)Nc1ccc2c(c1)NC(=O)C(C)CCCC(N1CCC(c3c(C#N)ccc(C#N)c3F)OC1=O)c1ccnc-2c1. The van der Waals surface area contributed by atoms with Crippen molar-refractivity contribution in [3.05, 3.63) is 76.7 Å². The number of amides is 3. The highest BCUT2D eigenvalue weighted by atomic mass is 19.1. The Morgan fingerprint density at radius 2 is 1.89 bits per heavy atom. The van der Waals surface area contributed by atoms with Crippen molar-refractivity contribution in [2.24, 2.45) is 5.92 Å². The number of carbonyl (C=O) groups excluding carboxylic acids is 3. The Bertz CT molecular complexity index is 1710. The van der Waals surface area contributed by atoms with Gasteiger partial charge in [0.25, 0.3) is 0 Å². The maximum Gasteiger partial charge on any atom is 0.411 e. The van der Waals surface area contributed by atoms with Gasteiger partial charge < -0.3 is 19.7 Å². The molecule has 0 saturated carbocycles. The van der Waals surface area contributed by atoms with Crippen molar-refractivity contribution in [1.82, 2.24) is 9.88 Å². The summed E-state index contributed by atoms with van der Waals surface area (Å²) in [4.78, 5) is 44.5. The molecule has 1 aromatic heterocycles. The summed E-state index contributed by atoms with van der Waals surface area (Å²) in [6.45, 7) is 2.03. The van der Waals surface area contributed by atoms with Gasteiger partial charge in [0.15, 0.2) is 0 Å². The Labute approximate surface area is 253 Å². The topological polar surface area (TPSA) is 157 Å². The fourth-order valence-electron chi connectivity index (χ4n) is 5.60. The number of nitrogens with one attached hydrogen (secondary N) is 2. The first kappa shape index (κ1) is 30.0. The average molecular weight is 597 g/mol. The average Bonchev–Trinajstić information content (AvgIpc) is 3.02. The van der Waals surface area contributed by atoms with Gasteiger partial charge in [0.1, 0.15) is 18.0 Å². The Balaban J connectivity index is 1.49. The van der Waals surface area contributed by atoms with E-state index in [1.807, 2.05) is 25.1 Å². The number of hydrogen-bond acceptors (Lipinski definition) is 8. The summed E-state index contributed by atoms with van der Waals surface area (Å²) in [6, 6.07) is 14.5. The molecule has 44 heavy (non-hydrogen) atoms. The van der Waals surface area contributed by atoms with Gasteiger partial charge >= 0.3 is 12.2 Å². The molecule has 3 unspecified atom stereocenters. The summed E-state index contributed by atoms with van der Waals surface area (Å²) < 4.78 is 25.5. The third kappa shape index (κ3) is 6.01. The van der Waals surface area contributed by atoms with Crippen molar-refractivity contribution >= 4 is 29.5 Å². The summed E-state index contributed by atoms with van der Waals surface area (Å²) in [6.07, 6.45) is 1.16. The van der Waals surface area contributed by atoms with Gasteiger partial charge in [-0.1, -0.05) is 13.3 Å². The van der Waals surface area contributed by atoms with Gasteiger partial charge in [-0.15, -0.1) is 0 Å². The second-order valence-electron chi connectivity index (χ2n) is 10.7. The molecular weight excluding hydrogens is 567 g/mol. The van der Waals surface area contributed by atoms with Crippen LogP contribution in [0.3, 0.4) is 0 Å². The minimum atomic E-state index is -1.02. The molecule has 11 nitrogen and oxygen atoms in total. The van der Waals surface area contributed by atoms with Crippen molar-refractivity contribution in [3.63, 3.8) is 0 Å². The predicted octanol–water partition coefficient (Wildman–Crippen LogP) is 6.19. The van der Waals surface area contributed by atoms with Gasteiger partial charge in [-0.2, -0.15) is 10.5 Å². The third-order valence-electron chi connectivity index (χ3n) is 7.94. The molecule has 2 aliphatic rings. The largest absolute Gasteiger partial charge is 0.453 e. The quantitative estimate of drug-likeness (QED) is 0.362. The van der Waals surface area contributed by atoms with E-state index >= 15 is 4.39 Å². The molecule has 0 radical (unpaired) electrons. The van der Waals surface area contributed by atoms with Crippen LogP contribution in [0.1, 0.15) is 67.0 Å². The number of anilines is 2. The number of pyridine rings is 1. The van der Waals surface area contributed by atoms with E-state index < -0.39 is 30.1 Å². The second-order valence-corrected chi connectivity index (χ2v) is 10.7. The zero-order valence-electron chi connectivity index (χ0n) is 24.1. The van der Waals surface area contributed by atoms with Gasteiger partial charge in [0.05, 0.1) is 41.7 Å². The van der Waals surface area contributed by atoms with E-state index in [-0.39, 0.29) is 41.5 Å². The van der Waals surface area contributed by atoms with Crippen molar-refractivity contribution in [2.45, 2.75) is 44.8 Å². The number of ether oxygens (including phenoxy) is 2. The molecule has 2 aromatic carbocycles. The van der Waals surface area contributed by atoms with E-state index in [1.165, 1.54) is 19.2 Å². The molecule has 0 spiro atoms. The number of nitriles is 2. The van der Waals surface area contributed by atoms with Crippen LogP contribution in [0.5, 0.6) is 0 Å². The number of cyclic esters (lactones) is 1. The highest BCUT2D eigenvalue weighted by molar-refractivity contribution is 5.98. The molecule has 12 heteroatoms. The maximum absolute atomic E-state index is 15.1. The Hall–Kier alpha value is -5.49. The minimum absolute atomic E-state index is 0.00778. The zero-order chi connectivity index (χ0) is 31.4. The van der Waals surface area contributed by atoms with E-state index in [0.717, 1.165) is 5.56 Å². The number of hydrogen-bond donors (Lipinski definition) is 2. The standard InChI is InChI=1S/C32H29FN6O5/c1-18-4-3-5-26(39-13-11-27(44-32(39)42)28-20(16-34)6-7-21(17-35)29(28)33)19-10-12-36-24(14-19)23-9-8-22(37-31(41)43-2)15-25(23)38-30(18)40/h6-10,12,14-15,18,26-27H,3-5,11,13H2,1-2H3,(H,37,41)(H,38,40). The number of rotatable bonds is 3. The van der Waals surface area contributed by atoms with Crippen LogP contribution in [0, 0.1) is 34.4 Å². The van der Waals surface area contributed by atoms with E-state index in [1.54, 1.807) is 35.4 Å². The molecule has 1 fully saturated rings. The number of halogens is 1. The van der Waals surface area contributed by atoms with E-state index in [2.05, 4.69) is 20.4 Å². The lowest BCUT2D eigenvalue weighted by Crippen LogP contribution is -2.42. The molecule has 0 aliphatic carbocycles. The van der Waals surface area contributed by atoms with Crippen LogP contribution in [-0.2, 0) is 14.3 Å². The number of fused-ring (bicyclic) bond motifs is 4. The minimum Gasteiger partial charge on any atom is -0.453 e. The molecule has 224 valence electrons. The third-order valence-corrected chi connectivity index (χ3v) is 7.94. The number of nitrogens with zero attached hydrogens (tertiary/aromatic N) is 4. The Kier molecular flexibility index (Phi) is 8.72. The van der Waals surface area contributed by atoms with Gasteiger partial charge in [0, 0.05) is 41.9 Å². The molecule has 2 aliphatic heterocycles. The molecule has 3 amide bonds. The van der Waals surface area contributed by atoms with Crippen molar-refractivity contribution in [2.75, 3.05) is 24.3 Å². The lowest BCUT2D eigenvalue weighted by molar-refractivity contribution is -0.119. The van der Waals surface area contributed by atoms with E-state index in [4.69, 9.17) is 4.74 Å². The predicted molar refractivity (Wildman–Crippen MR) is 156 cm³/mol. The summed E-state index contributed by atoms with van der Waals surface area (Å²) in [5, 5.41) is 24.4. The molecule has 2 bridgehead atoms. The van der Waals surface area contributed by atoms with Crippen molar-refractivity contribution in [1.29, 1.82) is 10.5 Å². The number of benzene rings is 2. The molecule has 3 heterocycles. The second kappa shape index (κ2) is 12.8. The van der Waals surface area contributed by atoms with Crippen LogP contribution in [0.4, 0.5) is 25.4 Å². The zero-order valence-corrected chi connectivity index (χ0v) is 24.1. The molecule has 5 rings (SSSR count). The van der Waals surface area contributed by atoms with Gasteiger partial charge in [0.2, 0.25) is 5.91 Å². The van der Waals surface area contributed by atoms with E-state index in [0.29, 0.717) is 41.9 Å². The first-order valence-corrected chi connectivity index (χ1v) is 14.1. The first-order chi connectivity index (χ1) is 21.2. The lowest BCUT2D eigenvalue weighted by Gasteiger charge is -2.38. The number of methoxy groups -OCH3 is 1. The molecule has 1 saturated heterocycles. The van der Waals surface area contributed by atoms with Crippen molar-refractivity contribution < 1.29 is 28.2 Å². The molecule has 3 atom stereocenters. The van der Waals surface area contributed by atoms with Gasteiger partial charge in [-0.3, -0.25) is 15.1 Å². The molecular formula is C32H29FN6O5. The number of aromatic nitrogens is 1. The summed E-state index contributed by atoms with van der Waals surface area (Å²) in [5.41, 5.74) is 2.50. The summed E-state index contributed by atoms with van der Waals surface area (Å²) in [5.74, 6) is -1.42. The number of carbonyl (C=O) groups is 3. The maximum atomic E-state index is 15.1. The van der Waals surface area contributed by atoms with Crippen LogP contribution >= 0.6 is 0 Å². The fraction of sp³-hybridized carbons (Fsp3) is 0.312. The van der Waals surface area contributed by atoms with Crippen LogP contribution in [-0.4, -0.2) is 41.6 Å². The smallest absolute Gasteiger partial charge is 0.411 e. The van der Waals surface area contributed by atoms with Crippen LogP contribution in [0.25, 0.3) is 11.3 Å². The highest BCUT2D eigenvalue weighted by Gasteiger charge is 2.36.